The number of anilines is 1. The zero-order valence-electron chi connectivity index (χ0n) is 15.0. The molecular weight excluding hydrogens is 384 g/mol. The fourth-order valence-electron chi connectivity index (χ4n) is 3.49. The summed E-state index contributed by atoms with van der Waals surface area (Å²) in [6, 6.07) is 10.4. The first-order valence-electron chi connectivity index (χ1n) is 9.04. The van der Waals surface area contributed by atoms with Crippen LogP contribution in [0, 0.1) is 12.8 Å². The Balaban J connectivity index is 1.58. The third kappa shape index (κ3) is 3.69. The van der Waals surface area contributed by atoms with Gasteiger partial charge in [0.15, 0.2) is 0 Å². The number of halogens is 1. The highest BCUT2D eigenvalue weighted by atomic mass is 35.5. The zero-order chi connectivity index (χ0) is 19.2. The Morgan fingerprint density at radius 1 is 1.19 bits per heavy atom. The molecular formula is C20H21ClN2O3S. The van der Waals surface area contributed by atoms with Crippen LogP contribution >= 0.6 is 11.6 Å². The summed E-state index contributed by atoms with van der Waals surface area (Å²) in [4.78, 5) is 14.4. The van der Waals surface area contributed by atoms with E-state index in [-0.39, 0.29) is 16.7 Å². The second-order valence-electron chi connectivity index (χ2n) is 7.24. The second-order valence-corrected chi connectivity index (χ2v) is 9.29. The lowest BCUT2D eigenvalue weighted by Crippen LogP contribution is -2.36. The molecule has 2 aliphatic rings. The molecule has 0 saturated heterocycles. The SMILES string of the molecule is Cc1c(Cl)cccc1S(=O)(=O)Nc1ccc2c(c1)CN(C(=O)C1CC1)CC2. The molecule has 0 aromatic heterocycles. The summed E-state index contributed by atoms with van der Waals surface area (Å²) in [5, 5.41) is 0.414. The number of hydrogen-bond donors (Lipinski definition) is 1. The third-order valence-electron chi connectivity index (χ3n) is 5.22. The van der Waals surface area contributed by atoms with Crippen LogP contribution in [0.3, 0.4) is 0 Å². The fraction of sp³-hybridized carbons (Fsp3) is 0.350. The Hall–Kier alpha value is -2.05. The summed E-state index contributed by atoms with van der Waals surface area (Å²) in [6.45, 7) is 2.96. The van der Waals surface area contributed by atoms with Crippen molar-refractivity contribution in [2.24, 2.45) is 5.92 Å². The maximum absolute atomic E-state index is 12.8. The minimum Gasteiger partial charge on any atom is -0.338 e. The molecule has 1 heterocycles. The molecule has 142 valence electrons. The van der Waals surface area contributed by atoms with Gasteiger partial charge in [-0.25, -0.2) is 8.42 Å². The molecule has 5 nitrogen and oxygen atoms in total. The molecule has 0 bridgehead atoms. The van der Waals surface area contributed by atoms with Gasteiger partial charge in [0, 0.05) is 29.7 Å². The highest BCUT2D eigenvalue weighted by Gasteiger charge is 2.34. The highest BCUT2D eigenvalue weighted by molar-refractivity contribution is 7.92. The minimum atomic E-state index is -3.74. The number of amides is 1. The van der Waals surface area contributed by atoms with Crippen molar-refractivity contribution in [3.8, 4) is 0 Å². The number of rotatable bonds is 4. The lowest BCUT2D eigenvalue weighted by atomic mass is 9.99. The van der Waals surface area contributed by atoms with E-state index in [0.29, 0.717) is 22.8 Å². The Morgan fingerprint density at radius 3 is 2.70 bits per heavy atom. The van der Waals surface area contributed by atoms with Crippen LogP contribution in [-0.2, 0) is 27.8 Å². The van der Waals surface area contributed by atoms with Gasteiger partial charge in [0.2, 0.25) is 5.91 Å². The van der Waals surface area contributed by atoms with Crippen LogP contribution in [0.1, 0.15) is 29.5 Å². The van der Waals surface area contributed by atoms with E-state index in [1.54, 1.807) is 25.1 Å². The number of carbonyl (C=O) groups excluding carboxylic acids is 1. The molecule has 0 radical (unpaired) electrons. The van der Waals surface area contributed by atoms with Crippen molar-refractivity contribution in [3.63, 3.8) is 0 Å². The molecule has 0 spiro atoms. The van der Waals surface area contributed by atoms with Crippen molar-refractivity contribution in [2.45, 2.75) is 37.6 Å². The Morgan fingerprint density at radius 2 is 1.96 bits per heavy atom. The van der Waals surface area contributed by atoms with E-state index in [1.165, 1.54) is 6.07 Å². The van der Waals surface area contributed by atoms with Gasteiger partial charge in [-0.05, 0) is 67.1 Å². The lowest BCUT2D eigenvalue weighted by molar-refractivity contribution is -0.133. The molecule has 1 aliphatic heterocycles. The summed E-state index contributed by atoms with van der Waals surface area (Å²) in [6.07, 6.45) is 2.77. The predicted molar refractivity (Wildman–Crippen MR) is 105 cm³/mol. The van der Waals surface area contributed by atoms with Crippen molar-refractivity contribution >= 4 is 33.2 Å². The molecule has 7 heteroatoms. The number of nitrogens with zero attached hydrogens (tertiary/aromatic N) is 1. The third-order valence-corrected chi connectivity index (χ3v) is 7.15. The fourth-order valence-corrected chi connectivity index (χ4v) is 5.03. The van der Waals surface area contributed by atoms with Crippen LogP contribution in [0.15, 0.2) is 41.3 Å². The van der Waals surface area contributed by atoms with Crippen LogP contribution in [0.4, 0.5) is 5.69 Å². The van der Waals surface area contributed by atoms with Gasteiger partial charge < -0.3 is 4.90 Å². The molecule has 0 unspecified atom stereocenters. The normalized spacial score (nSPS) is 16.7. The van der Waals surface area contributed by atoms with Gasteiger partial charge in [0.1, 0.15) is 0 Å². The molecule has 27 heavy (non-hydrogen) atoms. The number of carbonyl (C=O) groups is 1. The molecule has 1 amide bonds. The summed E-state index contributed by atoms with van der Waals surface area (Å²) >= 11 is 6.06. The lowest BCUT2D eigenvalue weighted by Gasteiger charge is -2.29. The number of fused-ring (bicyclic) bond motifs is 1. The second kappa shape index (κ2) is 6.84. The summed E-state index contributed by atoms with van der Waals surface area (Å²) < 4.78 is 28.2. The van der Waals surface area contributed by atoms with Crippen molar-refractivity contribution in [1.29, 1.82) is 0 Å². The standard InChI is InChI=1S/C20H21ClN2O3S/c1-13-18(21)3-2-4-19(13)27(25,26)22-17-8-7-14-9-10-23(12-16(14)11-17)20(24)15-5-6-15/h2-4,7-8,11,15,22H,5-6,9-10,12H2,1H3. The van der Waals surface area contributed by atoms with Gasteiger partial charge in [-0.1, -0.05) is 23.7 Å². The molecule has 1 aliphatic carbocycles. The van der Waals surface area contributed by atoms with E-state index >= 15 is 0 Å². The first-order chi connectivity index (χ1) is 12.8. The first-order valence-corrected chi connectivity index (χ1v) is 10.9. The van der Waals surface area contributed by atoms with E-state index < -0.39 is 10.0 Å². The van der Waals surface area contributed by atoms with Crippen LogP contribution in [0.5, 0.6) is 0 Å². The van der Waals surface area contributed by atoms with Gasteiger partial charge in [-0.3, -0.25) is 9.52 Å². The molecule has 2 aromatic rings. The van der Waals surface area contributed by atoms with E-state index in [1.807, 2.05) is 17.0 Å². The van der Waals surface area contributed by atoms with Crippen LogP contribution in [0.2, 0.25) is 5.02 Å². The van der Waals surface area contributed by atoms with Crippen LogP contribution in [-0.4, -0.2) is 25.8 Å². The summed E-state index contributed by atoms with van der Waals surface area (Å²) in [5.74, 6) is 0.417. The van der Waals surface area contributed by atoms with E-state index in [0.717, 1.165) is 36.9 Å². The highest BCUT2D eigenvalue weighted by Crippen LogP contribution is 2.33. The topological polar surface area (TPSA) is 66.5 Å². The number of benzene rings is 2. The van der Waals surface area contributed by atoms with Crippen molar-refractivity contribution in [1.82, 2.24) is 4.90 Å². The first kappa shape index (κ1) is 18.3. The van der Waals surface area contributed by atoms with E-state index in [9.17, 15) is 13.2 Å². The zero-order valence-corrected chi connectivity index (χ0v) is 16.6. The summed E-state index contributed by atoms with van der Waals surface area (Å²) in [5.41, 5.74) is 3.18. The average molecular weight is 405 g/mol. The van der Waals surface area contributed by atoms with Crippen LogP contribution in [0.25, 0.3) is 0 Å². The maximum Gasteiger partial charge on any atom is 0.262 e. The van der Waals surface area contributed by atoms with E-state index in [2.05, 4.69) is 4.72 Å². The smallest absolute Gasteiger partial charge is 0.262 e. The van der Waals surface area contributed by atoms with Gasteiger partial charge in [-0.15, -0.1) is 0 Å². The van der Waals surface area contributed by atoms with Gasteiger partial charge >= 0.3 is 0 Å². The number of sulfonamides is 1. The molecule has 2 aromatic carbocycles. The van der Waals surface area contributed by atoms with Gasteiger partial charge in [-0.2, -0.15) is 0 Å². The molecule has 1 N–H and O–H groups in total. The summed E-state index contributed by atoms with van der Waals surface area (Å²) in [7, 11) is -3.74. The van der Waals surface area contributed by atoms with Crippen molar-refractivity contribution in [3.05, 3.63) is 58.1 Å². The average Bonchev–Trinajstić information content (AvgIpc) is 3.47. The Kier molecular flexibility index (Phi) is 4.64. The predicted octanol–water partition coefficient (Wildman–Crippen LogP) is 3.74. The minimum absolute atomic E-state index is 0.165. The largest absolute Gasteiger partial charge is 0.338 e. The molecule has 1 fully saturated rings. The molecule has 4 rings (SSSR count). The van der Waals surface area contributed by atoms with Crippen molar-refractivity contribution < 1.29 is 13.2 Å². The number of nitrogens with one attached hydrogen (secondary N) is 1. The van der Waals surface area contributed by atoms with Crippen LogP contribution < -0.4 is 4.72 Å². The van der Waals surface area contributed by atoms with Gasteiger partial charge in [0.05, 0.1) is 4.90 Å². The quantitative estimate of drug-likeness (QED) is 0.843. The maximum atomic E-state index is 12.8. The van der Waals surface area contributed by atoms with Gasteiger partial charge in [0.25, 0.3) is 10.0 Å². The van der Waals surface area contributed by atoms with E-state index in [4.69, 9.17) is 11.6 Å². The molecule has 0 atom stereocenters. The number of hydrogen-bond acceptors (Lipinski definition) is 3. The Bertz CT molecular complexity index is 1020. The molecule has 1 saturated carbocycles. The van der Waals surface area contributed by atoms with Crippen molar-refractivity contribution in [2.75, 3.05) is 11.3 Å². The monoisotopic (exact) mass is 404 g/mol. The Labute approximate surface area is 164 Å².